The van der Waals surface area contributed by atoms with Gasteiger partial charge in [0.05, 0.1) is 19.3 Å². The van der Waals surface area contributed by atoms with E-state index in [9.17, 15) is 13.2 Å². The van der Waals surface area contributed by atoms with E-state index >= 15 is 0 Å². The van der Waals surface area contributed by atoms with Gasteiger partial charge in [-0.2, -0.15) is 0 Å². The quantitative estimate of drug-likeness (QED) is 0.781. The van der Waals surface area contributed by atoms with Gasteiger partial charge in [-0.1, -0.05) is 29.3 Å². The Balaban J connectivity index is 2.19. The highest BCUT2D eigenvalue weighted by molar-refractivity contribution is 7.91. The fourth-order valence-corrected chi connectivity index (χ4v) is 4.15. The molecule has 0 aromatic heterocycles. The summed E-state index contributed by atoms with van der Waals surface area (Å²) in [6, 6.07) is 8.76. The van der Waals surface area contributed by atoms with Gasteiger partial charge in [-0.3, -0.25) is 4.79 Å². The van der Waals surface area contributed by atoms with Crippen LogP contribution in [0.3, 0.4) is 0 Å². The number of amides is 1. The molecule has 0 fully saturated rings. The summed E-state index contributed by atoms with van der Waals surface area (Å²) in [6.07, 6.45) is 1.05. The number of sulfone groups is 1. The third-order valence-corrected chi connectivity index (χ3v) is 5.40. The fraction of sp³-hybridized carbons (Fsp3) is 0.278. The first-order valence-electron chi connectivity index (χ1n) is 7.81. The maximum Gasteiger partial charge on any atom is 0.243 e. The van der Waals surface area contributed by atoms with E-state index in [2.05, 4.69) is 10.6 Å². The van der Waals surface area contributed by atoms with E-state index in [1.54, 1.807) is 6.07 Å². The van der Waals surface area contributed by atoms with E-state index in [1.807, 2.05) is 32.0 Å². The number of methoxy groups -OCH3 is 1. The predicted octanol–water partition coefficient (Wildman–Crippen LogP) is 3.42. The van der Waals surface area contributed by atoms with Crippen LogP contribution in [-0.2, 0) is 14.6 Å². The van der Waals surface area contributed by atoms with Crippen molar-refractivity contribution in [2.45, 2.75) is 18.7 Å². The van der Waals surface area contributed by atoms with Crippen LogP contribution in [-0.4, -0.2) is 34.2 Å². The third kappa shape index (κ3) is 4.68. The third-order valence-electron chi connectivity index (χ3n) is 3.75. The molecule has 1 amide bonds. The fourth-order valence-electron chi connectivity index (χ4n) is 2.52. The predicted molar refractivity (Wildman–Crippen MR) is 104 cm³/mol. The van der Waals surface area contributed by atoms with Crippen molar-refractivity contribution in [3.8, 4) is 5.75 Å². The second kappa shape index (κ2) is 7.97. The molecule has 0 bridgehead atoms. The molecule has 2 aromatic rings. The second-order valence-electron chi connectivity index (χ2n) is 5.95. The number of rotatable bonds is 6. The van der Waals surface area contributed by atoms with Crippen LogP contribution in [0.15, 0.2) is 35.2 Å². The smallest absolute Gasteiger partial charge is 0.243 e. The largest absolute Gasteiger partial charge is 0.495 e. The number of hydrogen-bond donors (Lipinski definition) is 2. The molecule has 0 spiro atoms. The van der Waals surface area contributed by atoms with Gasteiger partial charge in [0.2, 0.25) is 5.91 Å². The van der Waals surface area contributed by atoms with Gasteiger partial charge >= 0.3 is 0 Å². The average Bonchev–Trinajstić information content (AvgIpc) is 2.54. The Hall–Kier alpha value is -2.25. The number of ether oxygens (including phenoxy) is 1. The molecule has 8 heteroatoms. The molecule has 2 N–H and O–H groups in total. The van der Waals surface area contributed by atoms with Crippen LogP contribution in [0, 0.1) is 13.8 Å². The van der Waals surface area contributed by atoms with E-state index in [0.29, 0.717) is 5.69 Å². The average molecular weight is 397 g/mol. The zero-order chi connectivity index (χ0) is 19.5. The van der Waals surface area contributed by atoms with Crippen LogP contribution in [0.4, 0.5) is 11.4 Å². The summed E-state index contributed by atoms with van der Waals surface area (Å²) in [4.78, 5) is 12.1. The lowest BCUT2D eigenvalue weighted by Crippen LogP contribution is -2.23. The van der Waals surface area contributed by atoms with Crippen molar-refractivity contribution in [1.29, 1.82) is 0 Å². The molecule has 0 aliphatic carbocycles. The monoisotopic (exact) mass is 396 g/mol. The Kier molecular flexibility index (Phi) is 6.15. The Bertz CT molecular complexity index is 942. The molecule has 140 valence electrons. The van der Waals surface area contributed by atoms with E-state index in [0.717, 1.165) is 17.4 Å². The van der Waals surface area contributed by atoms with Gasteiger partial charge in [0.1, 0.15) is 15.7 Å². The van der Waals surface area contributed by atoms with Gasteiger partial charge in [-0.15, -0.1) is 0 Å². The second-order valence-corrected chi connectivity index (χ2v) is 8.28. The molecule has 0 unspecified atom stereocenters. The molecule has 26 heavy (non-hydrogen) atoms. The van der Waals surface area contributed by atoms with Crippen LogP contribution in [0.25, 0.3) is 0 Å². The number of anilines is 2. The van der Waals surface area contributed by atoms with Crippen LogP contribution >= 0.6 is 11.6 Å². The van der Waals surface area contributed by atoms with Crippen LogP contribution in [0.5, 0.6) is 5.75 Å². The summed E-state index contributed by atoms with van der Waals surface area (Å²) in [5.41, 5.74) is 3.00. The summed E-state index contributed by atoms with van der Waals surface area (Å²) >= 11 is 6.13. The molecule has 2 aromatic carbocycles. The lowest BCUT2D eigenvalue weighted by Gasteiger charge is -2.15. The first-order chi connectivity index (χ1) is 12.1. The van der Waals surface area contributed by atoms with Gasteiger partial charge < -0.3 is 15.4 Å². The molecule has 0 atom stereocenters. The topological polar surface area (TPSA) is 84.5 Å². The molecule has 0 radical (unpaired) electrons. The number of carbonyl (C=O) groups is 1. The van der Waals surface area contributed by atoms with Crippen LogP contribution < -0.4 is 15.4 Å². The molecular weight excluding hydrogens is 376 g/mol. The molecule has 0 aliphatic heterocycles. The van der Waals surface area contributed by atoms with Crippen molar-refractivity contribution >= 4 is 38.7 Å². The van der Waals surface area contributed by atoms with Crippen LogP contribution in [0.1, 0.15) is 11.1 Å². The summed E-state index contributed by atoms with van der Waals surface area (Å²) < 4.78 is 29.2. The Morgan fingerprint density at radius 3 is 2.38 bits per heavy atom. The van der Waals surface area contributed by atoms with Gasteiger partial charge in [-0.05, 0) is 37.6 Å². The Morgan fingerprint density at radius 2 is 1.81 bits per heavy atom. The minimum Gasteiger partial charge on any atom is -0.495 e. The molecule has 6 nitrogen and oxygen atoms in total. The first-order valence-corrected chi connectivity index (χ1v) is 10.1. The molecule has 0 saturated heterocycles. The number of aryl methyl sites for hydroxylation is 2. The number of nitrogens with one attached hydrogen (secondary N) is 2. The van der Waals surface area contributed by atoms with E-state index in [1.165, 1.54) is 13.2 Å². The van der Waals surface area contributed by atoms with Crippen LogP contribution in [0.2, 0.25) is 5.02 Å². The van der Waals surface area contributed by atoms with Gasteiger partial charge in [0, 0.05) is 11.9 Å². The number of halogens is 1. The van der Waals surface area contributed by atoms with Gasteiger partial charge in [0.25, 0.3) is 0 Å². The van der Waals surface area contributed by atoms with E-state index < -0.39 is 9.84 Å². The molecular formula is C18H21ClN2O4S. The zero-order valence-corrected chi connectivity index (χ0v) is 16.6. The number of carbonyl (C=O) groups excluding carboxylic acids is 1. The highest BCUT2D eigenvalue weighted by Crippen LogP contribution is 2.36. The SMILES string of the molecule is COc1ccc(NCC(=O)Nc2ccc(C)cc2C)c(S(C)(=O)=O)c1Cl. The molecule has 0 heterocycles. The molecule has 0 aliphatic rings. The molecule has 0 saturated carbocycles. The minimum absolute atomic E-state index is 0.0187. The normalized spacial score (nSPS) is 11.1. The molecule has 2 rings (SSSR count). The minimum atomic E-state index is -3.62. The first kappa shape index (κ1) is 20.1. The Morgan fingerprint density at radius 1 is 1.15 bits per heavy atom. The lowest BCUT2D eigenvalue weighted by atomic mass is 10.1. The van der Waals surface area contributed by atoms with Gasteiger partial charge in [0.15, 0.2) is 9.84 Å². The number of benzene rings is 2. The van der Waals surface area contributed by atoms with Crippen molar-refractivity contribution in [2.24, 2.45) is 0 Å². The highest BCUT2D eigenvalue weighted by Gasteiger charge is 2.21. The van der Waals surface area contributed by atoms with Crippen molar-refractivity contribution in [3.63, 3.8) is 0 Å². The van der Waals surface area contributed by atoms with Gasteiger partial charge in [-0.25, -0.2) is 8.42 Å². The Labute approximate surface area is 158 Å². The summed E-state index contributed by atoms with van der Waals surface area (Å²) in [5.74, 6) is -0.0549. The van der Waals surface area contributed by atoms with Crippen molar-refractivity contribution in [1.82, 2.24) is 0 Å². The maximum absolute atomic E-state index is 12.2. The maximum atomic E-state index is 12.2. The van der Waals surface area contributed by atoms with E-state index in [-0.39, 0.29) is 33.8 Å². The number of hydrogen-bond acceptors (Lipinski definition) is 5. The lowest BCUT2D eigenvalue weighted by molar-refractivity contribution is -0.114. The highest BCUT2D eigenvalue weighted by atomic mass is 35.5. The zero-order valence-electron chi connectivity index (χ0n) is 15.0. The van der Waals surface area contributed by atoms with Crippen molar-refractivity contribution in [3.05, 3.63) is 46.5 Å². The summed E-state index contributed by atoms with van der Waals surface area (Å²) in [6.45, 7) is 3.76. The van der Waals surface area contributed by atoms with E-state index in [4.69, 9.17) is 16.3 Å². The summed E-state index contributed by atoms with van der Waals surface area (Å²) in [5, 5.41) is 5.61. The van der Waals surface area contributed by atoms with Crippen molar-refractivity contribution < 1.29 is 17.9 Å². The standard InChI is InChI=1S/C18H21ClN2O4S/c1-11-5-6-13(12(2)9-11)21-16(22)10-20-14-7-8-15(25-3)17(19)18(14)26(4,23)24/h5-9,20H,10H2,1-4H3,(H,21,22). The summed E-state index contributed by atoms with van der Waals surface area (Å²) in [7, 11) is -2.22. The van der Waals surface area contributed by atoms with Crippen molar-refractivity contribution in [2.75, 3.05) is 30.5 Å².